The highest BCUT2D eigenvalue weighted by Crippen LogP contribution is 2.15. The van der Waals surface area contributed by atoms with Crippen LogP contribution in [0.4, 0.5) is 8.78 Å². The number of aromatic nitrogens is 2. The van der Waals surface area contributed by atoms with Gasteiger partial charge >= 0.3 is 0 Å². The second kappa shape index (κ2) is 5.25. The zero-order chi connectivity index (χ0) is 9.42. The molecule has 1 heterocycles. The predicted molar refractivity (Wildman–Crippen MR) is 58.4 cm³/mol. The highest BCUT2D eigenvalue weighted by atomic mass is 35.5. The van der Waals surface area contributed by atoms with Crippen LogP contribution >= 0.6 is 24.8 Å². The SMILES string of the molecule is Cl.Cl.NCc1nc2cc(F)c(F)cc2[nH]1. The van der Waals surface area contributed by atoms with Crippen molar-refractivity contribution >= 4 is 35.8 Å². The van der Waals surface area contributed by atoms with E-state index in [1.165, 1.54) is 0 Å². The topological polar surface area (TPSA) is 54.7 Å². The van der Waals surface area contributed by atoms with E-state index in [1.54, 1.807) is 0 Å². The number of fused-ring (bicyclic) bond motifs is 1. The first-order chi connectivity index (χ1) is 6.20. The van der Waals surface area contributed by atoms with Gasteiger partial charge in [-0.05, 0) is 0 Å². The van der Waals surface area contributed by atoms with Crippen molar-refractivity contribution in [3.05, 3.63) is 29.6 Å². The van der Waals surface area contributed by atoms with Crippen molar-refractivity contribution < 1.29 is 8.78 Å². The van der Waals surface area contributed by atoms with E-state index in [0.29, 0.717) is 16.9 Å². The first-order valence-corrected chi connectivity index (χ1v) is 3.74. The fourth-order valence-electron chi connectivity index (χ4n) is 1.15. The lowest BCUT2D eigenvalue weighted by Gasteiger charge is -1.90. The van der Waals surface area contributed by atoms with E-state index in [0.717, 1.165) is 12.1 Å². The van der Waals surface area contributed by atoms with Gasteiger partial charge in [-0.15, -0.1) is 24.8 Å². The number of imidazole rings is 1. The summed E-state index contributed by atoms with van der Waals surface area (Å²) in [7, 11) is 0. The largest absolute Gasteiger partial charge is 0.341 e. The van der Waals surface area contributed by atoms with Gasteiger partial charge in [-0.25, -0.2) is 13.8 Å². The summed E-state index contributed by atoms with van der Waals surface area (Å²) in [4.78, 5) is 6.72. The van der Waals surface area contributed by atoms with Crippen molar-refractivity contribution in [3.8, 4) is 0 Å². The third-order valence-corrected chi connectivity index (χ3v) is 1.77. The van der Waals surface area contributed by atoms with E-state index in [4.69, 9.17) is 5.73 Å². The van der Waals surface area contributed by atoms with Gasteiger partial charge in [-0.2, -0.15) is 0 Å². The molecule has 3 N–H and O–H groups in total. The van der Waals surface area contributed by atoms with Crippen LogP contribution in [0.25, 0.3) is 11.0 Å². The number of nitrogens with two attached hydrogens (primary N) is 1. The summed E-state index contributed by atoms with van der Waals surface area (Å²) < 4.78 is 25.4. The van der Waals surface area contributed by atoms with E-state index in [9.17, 15) is 8.78 Å². The number of hydrogen-bond donors (Lipinski definition) is 2. The first kappa shape index (κ1) is 14.1. The molecule has 2 aromatic rings. The van der Waals surface area contributed by atoms with Gasteiger partial charge in [0.15, 0.2) is 11.6 Å². The maximum absolute atomic E-state index is 12.7. The van der Waals surface area contributed by atoms with Crippen LogP contribution in [0.1, 0.15) is 5.82 Å². The zero-order valence-corrected chi connectivity index (χ0v) is 9.09. The molecule has 0 spiro atoms. The normalized spacial score (nSPS) is 9.53. The highest BCUT2D eigenvalue weighted by molar-refractivity contribution is 5.85. The lowest BCUT2D eigenvalue weighted by molar-refractivity contribution is 0.510. The Kier molecular flexibility index (Phi) is 4.93. The molecule has 0 bridgehead atoms. The van der Waals surface area contributed by atoms with Crippen LogP contribution in [0.15, 0.2) is 12.1 Å². The van der Waals surface area contributed by atoms with Gasteiger partial charge in [0, 0.05) is 12.1 Å². The van der Waals surface area contributed by atoms with Gasteiger partial charge < -0.3 is 10.7 Å². The predicted octanol–water partition coefficient (Wildman–Crippen LogP) is 2.14. The molecule has 0 amide bonds. The molecule has 1 aromatic heterocycles. The second-order valence-electron chi connectivity index (χ2n) is 2.67. The van der Waals surface area contributed by atoms with E-state index >= 15 is 0 Å². The Bertz CT molecular complexity index is 419. The molecule has 7 heteroatoms. The van der Waals surface area contributed by atoms with Crippen LogP contribution in [0.5, 0.6) is 0 Å². The molecule has 0 saturated carbocycles. The summed E-state index contributed by atoms with van der Waals surface area (Å²) in [5.74, 6) is -1.28. The van der Waals surface area contributed by atoms with Crippen molar-refractivity contribution in [2.24, 2.45) is 5.73 Å². The number of rotatable bonds is 1. The molecule has 0 aliphatic rings. The Morgan fingerprint density at radius 1 is 1.20 bits per heavy atom. The van der Waals surface area contributed by atoms with E-state index in [1.807, 2.05) is 0 Å². The molecule has 0 radical (unpaired) electrons. The Morgan fingerprint density at radius 3 is 2.40 bits per heavy atom. The van der Waals surface area contributed by atoms with Crippen molar-refractivity contribution in [3.63, 3.8) is 0 Å². The van der Waals surface area contributed by atoms with Gasteiger partial charge in [0.2, 0.25) is 0 Å². The fraction of sp³-hybridized carbons (Fsp3) is 0.125. The Labute approximate surface area is 96.9 Å². The molecule has 3 nitrogen and oxygen atoms in total. The minimum Gasteiger partial charge on any atom is -0.341 e. The summed E-state index contributed by atoms with van der Waals surface area (Å²) in [6.07, 6.45) is 0. The third kappa shape index (κ3) is 2.56. The summed E-state index contributed by atoms with van der Waals surface area (Å²) >= 11 is 0. The monoisotopic (exact) mass is 255 g/mol. The van der Waals surface area contributed by atoms with Crippen molar-refractivity contribution in [2.75, 3.05) is 0 Å². The molecular formula is C8H9Cl2F2N3. The zero-order valence-electron chi connectivity index (χ0n) is 7.46. The van der Waals surface area contributed by atoms with Gasteiger partial charge in [0.05, 0.1) is 17.6 Å². The number of hydrogen-bond acceptors (Lipinski definition) is 2. The second-order valence-corrected chi connectivity index (χ2v) is 2.67. The van der Waals surface area contributed by atoms with E-state index in [2.05, 4.69) is 9.97 Å². The smallest absolute Gasteiger partial charge is 0.161 e. The molecule has 84 valence electrons. The number of nitrogens with zero attached hydrogens (tertiary/aromatic N) is 1. The Morgan fingerprint density at radius 2 is 1.80 bits per heavy atom. The molecule has 0 unspecified atom stereocenters. The van der Waals surface area contributed by atoms with Crippen molar-refractivity contribution in [2.45, 2.75) is 6.54 Å². The Balaban J connectivity index is 0.000000980. The average molecular weight is 256 g/mol. The minimum atomic E-state index is -0.900. The maximum atomic E-state index is 12.7. The van der Waals surface area contributed by atoms with Gasteiger partial charge in [-0.3, -0.25) is 0 Å². The summed E-state index contributed by atoms with van der Waals surface area (Å²) in [6.45, 7) is 0.220. The number of nitrogens with one attached hydrogen (secondary N) is 1. The lowest BCUT2D eigenvalue weighted by atomic mass is 10.3. The van der Waals surface area contributed by atoms with Crippen molar-refractivity contribution in [1.29, 1.82) is 0 Å². The van der Waals surface area contributed by atoms with Crippen LogP contribution in [-0.4, -0.2) is 9.97 Å². The van der Waals surface area contributed by atoms with Crippen LogP contribution < -0.4 is 5.73 Å². The van der Waals surface area contributed by atoms with Crippen LogP contribution in [-0.2, 0) is 6.54 Å². The quantitative estimate of drug-likeness (QED) is 0.821. The number of benzene rings is 1. The van der Waals surface area contributed by atoms with Gasteiger partial charge in [0.25, 0.3) is 0 Å². The van der Waals surface area contributed by atoms with E-state index < -0.39 is 11.6 Å². The maximum Gasteiger partial charge on any atom is 0.161 e. The Hall–Kier alpha value is -0.910. The minimum absolute atomic E-state index is 0. The van der Waals surface area contributed by atoms with Gasteiger partial charge in [-0.1, -0.05) is 0 Å². The molecule has 15 heavy (non-hydrogen) atoms. The number of H-pyrrole nitrogens is 1. The average Bonchev–Trinajstić information content (AvgIpc) is 2.48. The van der Waals surface area contributed by atoms with E-state index in [-0.39, 0.29) is 31.4 Å². The number of halogens is 4. The highest BCUT2D eigenvalue weighted by Gasteiger charge is 2.07. The summed E-state index contributed by atoms with van der Waals surface area (Å²) in [6, 6.07) is 2.11. The van der Waals surface area contributed by atoms with Crippen molar-refractivity contribution in [1.82, 2.24) is 9.97 Å². The molecular weight excluding hydrogens is 247 g/mol. The first-order valence-electron chi connectivity index (χ1n) is 3.74. The van der Waals surface area contributed by atoms with Crippen LogP contribution in [0.3, 0.4) is 0 Å². The molecule has 2 rings (SSSR count). The molecule has 0 fully saturated rings. The molecule has 0 aliphatic carbocycles. The fourth-order valence-corrected chi connectivity index (χ4v) is 1.15. The standard InChI is InChI=1S/C8H7F2N3.2ClH/c9-4-1-6-7(2-5(4)10)13-8(3-11)12-6;;/h1-2H,3,11H2,(H,12,13);2*1H. The van der Waals surface area contributed by atoms with Gasteiger partial charge in [0.1, 0.15) is 5.82 Å². The summed E-state index contributed by atoms with van der Waals surface area (Å²) in [5.41, 5.74) is 6.15. The lowest BCUT2D eigenvalue weighted by Crippen LogP contribution is -1.97. The van der Waals surface area contributed by atoms with Crippen LogP contribution in [0, 0.1) is 11.6 Å². The van der Waals surface area contributed by atoms with Crippen LogP contribution in [0.2, 0.25) is 0 Å². The summed E-state index contributed by atoms with van der Waals surface area (Å²) in [5, 5.41) is 0. The molecule has 0 atom stereocenters. The number of aromatic amines is 1. The molecule has 0 aliphatic heterocycles. The third-order valence-electron chi connectivity index (χ3n) is 1.77. The molecule has 1 aromatic carbocycles. The molecule has 0 saturated heterocycles.